The summed E-state index contributed by atoms with van der Waals surface area (Å²) in [5.74, 6) is -0.401. The molecule has 22 heavy (non-hydrogen) atoms. The van der Waals surface area contributed by atoms with Crippen molar-refractivity contribution in [3.63, 3.8) is 0 Å². The van der Waals surface area contributed by atoms with Gasteiger partial charge < -0.3 is 15.8 Å². The van der Waals surface area contributed by atoms with Crippen LogP contribution >= 0.6 is 11.6 Å². The fourth-order valence-electron chi connectivity index (χ4n) is 1.79. The van der Waals surface area contributed by atoms with Crippen molar-refractivity contribution < 1.29 is 14.3 Å². The van der Waals surface area contributed by atoms with Crippen LogP contribution in [0.15, 0.2) is 48.5 Å². The Kier molecular flexibility index (Phi) is 5.01. The van der Waals surface area contributed by atoms with Crippen LogP contribution < -0.4 is 15.8 Å². The van der Waals surface area contributed by atoms with E-state index < -0.39 is 12.0 Å². The average Bonchev–Trinajstić information content (AvgIpc) is 2.47. The van der Waals surface area contributed by atoms with Gasteiger partial charge in [0.25, 0.3) is 5.91 Å². The van der Waals surface area contributed by atoms with Gasteiger partial charge in [-0.1, -0.05) is 23.7 Å². The fourth-order valence-corrected chi connectivity index (χ4v) is 1.97. The van der Waals surface area contributed by atoms with Crippen molar-refractivity contribution in [3.8, 4) is 5.75 Å². The SMILES string of the molecule is C[C@H](Oc1cccc(Cl)c1)C(=O)Nc1cccc(C(N)=O)c1. The molecule has 0 aliphatic carbocycles. The monoisotopic (exact) mass is 318 g/mol. The van der Waals surface area contributed by atoms with E-state index in [1.165, 1.54) is 6.07 Å². The molecule has 0 spiro atoms. The zero-order valence-corrected chi connectivity index (χ0v) is 12.6. The van der Waals surface area contributed by atoms with Gasteiger partial charge in [-0.15, -0.1) is 0 Å². The van der Waals surface area contributed by atoms with Gasteiger partial charge in [0.05, 0.1) is 0 Å². The number of benzene rings is 2. The van der Waals surface area contributed by atoms with Crippen molar-refractivity contribution in [1.82, 2.24) is 0 Å². The highest BCUT2D eigenvalue weighted by atomic mass is 35.5. The molecular weight excluding hydrogens is 304 g/mol. The number of carbonyl (C=O) groups is 2. The zero-order valence-electron chi connectivity index (χ0n) is 11.9. The van der Waals surface area contributed by atoms with E-state index >= 15 is 0 Å². The van der Waals surface area contributed by atoms with E-state index in [9.17, 15) is 9.59 Å². The maximum atomic E-state index is 12.1. The first-order valence-corrected chi connectivity index (χ1v) is 6.96. The molecule has 0 aromatic heterocycles. The Morgan fingerprint density at radius 3 is 2.59 bits per heavy atom. The van der Waals surface area contributed by atoms with Crippen LogP contribution in [0.25, 0.3) is 0 Å². The predicted molar refractivity (Wildman–Crippen MR) is 85.1 cm³/mol. The van der Waals surface area contributed by atoms with Crippen LogP contribution in [0, 0.1) is 0 Å². The summed E-state index contributed by atoms with van der Waals surface area (Å²) in [5, 5.41) is 3.19. The molecule has 0 aliphatic heterocycles. The second-order valence-corrected chi connectivity index (χ2v) is 5.09. The van der Waals surface area contributed by atoms with E-state index in [0.29, 0.717) is 22.0 Å². The third-order valence-electron chi connectivity index (χ3n) is 2.89. The lowest BCUT2D eigenvalue weighted by Gasteiger charge is -2.15. The minimum atomic E-state index is -0.726. The molecule has 114 valence electrons. The summed E-state index contributed by atoms with van der Waals surface area (Å²) >= 11 is 5.86. The van der Waals surface area contributed by atoms with E-state index in [1.54, 1.807) is 49.4 Å². The number of amides is 2. The summed E-state index contributed by atoms with van der Waals surface area (Å²) in [6, 6.07) is 13.2. The molecule has 0 radical (unpaired) electrons. The topological polar surface area (TPSA) is 81.4 Å². The van der Waals surface area contributed by atoms with Gasteiger partial charge in [0.2, 0.25) is 5.91 Å². The molecule has 2 rings (SSSR count). The lowest BCUT2D eigenvalue weighted by molar-refractivity contribution is -0.122. The molecule has 0 saturated heterocycles. The Hall–Kier alpha value is -2.53. The molecule has 0 bridgehead atoms. The third kappa shape index (κ3) is 4.23. The quantitative estimate of drug-likeness (QED) is 0.889. The van der Waals surface area contributed by atoms with Gasteiger partial charge in [-0.2, -0.15) is 0 Å². The first-order valence-electron chi connectivity index (χ1n) is 6.58. The lowest BCUT2D eigenvalue weighted by Crippen LogP contribution is -2.30. The number of primary amides is 1. The summed E-state index contributed by atoms with van der Waals surface area (Å²) in [5.41, 5.74) is 6.00. The van der Waals surface area contributed by atoms with Crippen LogP contribution in [0.5, 0.6) is 5.75 Å². The van der Waals surface area contributed by atoms with Crippen molar-refractivity contribution in [2.75, 3.05) is 5.32 Å². The highest BCUT2D eigenvalue weighted by molar-refractivity contribution is 6.30. The summed E-state index contributed by atoms with van der Waals surface area (Å²) in [6.07, 6.45) is -0.726. The number of nitrogens with one attached hydrogen (secondary N) is 1. The number of halogens is 1. The molecule has 5 nitrogen and oxygen atoms in total. The second-order valence-electron chi connectivity index (χ2n) is 4.65. The van der Waals surface area contributed by atoms with Crippen molar-refractivity contribution in [3.05, 3.63) is 59.1 Å². The van der Waals surface area contributed by atoms with Gasteiger partial charge in [0.1, 0.15) is 5.75 Å². The van der Waals surface area contributed by atoms with Crippen LogP contribution in [-0.2, 0) is 4.79 Å². The molecule has 2 aromatic rings. The molecule has 1 atom stereocenters. The third-order valence-corrected chi connectivity index (χ3v) is 3.13. The molecule has 0 heterocycles. The fraction of sp³-hybridized carbons (Fsp3) is 0.125. The van der Waals surface area contributed by atoms with Crippen LogP contribution in [0.2, 0.25) is 5.02 Å². The van der Waals surface area contributed by atoms with E-state index in [2.05, 4.69) is 5.32 Å². The molecule has 0 saturated carbocycles. The number of anilines is 1. The first-order chi connectivity index (χ1) is 10.5. The minimum absolute atomic E-state index is 0.321. The molecule has 0 aliphatic rings. The van der Waals surface area contributed by atoms with E-state index in [1.807, 2.05) is 0 Å². The van der Waals surface area contributed by atoms with Crippen LogP contribution in [0.3, 0.4) is 0 Å². The Morgan fingerprint density at radius 1 is 1.18 bits per heavy atom. The van der Waals surface area contributed by atoms with Crippen molar-refractivity contribution in [2.24, 2.45) is 5.73 Å². The van der Waals surface area contributed by atoms with Crippen molar-refractivity contribution in [1.29, 1.82) is 0 Å². The van der Waals surface area contributed by atoms with Crippen LogP contribution in [0.4, 0.5) is 5.69 Å². The molecule has 2 amide bonds. The van der Waals surface area contributed by atoms with Crippen molar-refractivity contribution in [2.45, 2.75) is 13.0 Å². The Morgan fingerprint density at radius 2 is 1.91 bits per heavy atom. The number of carbonyl (C=O) groups excluding carboxylic acids is 2. The zero-order chi connectivity index (χ0) is 16.1. The van der Waals surface area contributed by atoms with Crippen molar-refractivity contribution >= 4 is 29.1 Å². The van der Waals surface area contributed by atoms with Gasteiger partial charge in [0, 0.05) is 16.3 Å². The largest absolute Gasteiger partial charge is 0.481 e. The maximum Gasteiger partial charge on any atom is 0.265 e. The van der Waals surface area contributed by atoms with Gasteiger partial charge in [-0.25, -0.2) is 0 Å². The molecule has 2 aromatic carbocycles. The normalized spacial score (nSPS) is 11.5. The molecular formula is C16H15ClN2O3. The minimum Gasteiger partial charge on any atom is -0.481 e. The second kappa shape index (κ2) is 6.95. The van der Waals surface area contributed by atoms with E-state index in [-0.39, 0.29) is 5.91 Å². The molecule has 0 unspecified atom stereocenters. The van der Waals surface area contributed by atoms with Crippen LogP contribution in [-0.4, -0.2) is 17.9 Å². The summed E-state index contributed by atoms with van der Waals surface area (Å²) < 4.78 is 5.52. The number of ether oxygens (including phenoxy) is 1. The summed E-state index contributed by atoms with van der Waals surface area (Å²) in [4.78, 5) is 23.2. The lowest BCUT2D eigenvalue weighted by atomic mass is 10.2. The van der Waals surface area contributed by atoms with Gasteiger partial charge in [-0.05, 0) is 43.3 Å². The number of hydrogen-bond acceptors (Lipinski definition) is 3. The highest BCUT2D eigenvalue weighted by Crippen LogP contribution is 2.19. The number of rotatable bonds is 5. The highest BCUT2D eigenvalue weighted by Gasteiger charge is 2.15. The average molecular weight is 319 g/mol. The Labute approximate surface area is 133 Å². The predicted octanol–water partition coefficient (Wildman–Crippen LogP) is 2.84. The Bertz CT molecular complexity index is 703. The van der Waals surface area contributed by atoms with E-state index in [0.717, 1.165) is 0 Å². The molecule has 6 heteroatoms. The Balaban J connectivity index is 2.02. The number of nitrogens with two attached hydrogens (primary N) is 1. The van der Waals surface area contributed by atoms with Gasteiger partial charge in [-0.3, -0.25) is 9.59 Å². The van der Waals surface area contributed by atoms with E-state index in [4.69, 9.17) is 22.1 Å². The maximum absolute atomic E-state index is 12.1. The summed E-state index contributed by atoms with van der Waals surface area (Å²) in [6.45, 7) is 1.62. The number of hydrogen-bond donors (Lipinski definition) is 2. The molecule has 0 fully saturated rings. The first kappa shape index (κ1) is 15.9. The van der Waals surface area contributed by atoms with Gasteiger partial charge >= 0.3 is 0 Å². The molecule has 3 N–H and O–H groups in total. The van der Waals surface area contributed by atoms with Gasteiger partial charge in [0.15, 0.2) is 6.10 Å². The van der Waals surface area contributed by atoms with Crippen LogP contribution in [0.1, 0.15) is 17.3 Å². The smallest absolute Gasteiger partial charge is 0.265 e. The standard InChI is InChI=1S/C16H15ClN2O3/c1-10(22-14-7-3-5-12(17)9-14)16(21)19-13-6-2-4-11(8-13)15(18)20/h2-10H,1H3,(H2,18,20)(H,19,21)/t10-/m0/s1. The summed E-state index contributed by atoms with van der Waals surface area (Å²) in [7, 11) is 0.